The molecular weight excluding hydrogens is 264 g/mol. The van der Waals surface area contributed by atoms with Gasteiger partial charge in [-0.25, -0.2) is 4.79 Å². The smallest absolute Gasteiger partial charge is 0.327 e. The Balaban J connectivity index is 2.06. The number of carbonyl (C=O) groups excluding carboxylic acids is 1. The lowest BCUT2D eigenvalue weighted by Gasteiger charge is -2.30. The summed E-state index contributed by atoms with van der Waals surface area (Å²) < 4.78 is 0. The van der Waals surface area contributed by atoms with Crippen LogP contribution in [0.5, 0.6) is 0 Å². The van der Waals surface area contributed by atoms with Gasteiger partial charge in [-0.1, -0.05) is 13.8 Å². The van der Waals surface area contributed by atoms with Gasteiger partial charge in [-0.15, -0.1) is 11.8 Å². The lowest BCUT2D eigenvalue weighted by Crippen LogP contribution is -2.49. The minimum Gasteiger partial charge on any atom is -0.480 e. The molecule has 0 spiro atoms. The highest BCUT2D eigenvalue weighted by molar-refractivity contribution is 8.00. The molecule has 6 heteroatoms. The van der Waals surface area contributed by atoms with Crippen molar-refractivity contribution in [2.45, 2.75) is 38.1 Å². The fourth-order valence-electron chi connectivity index (χ4n) is 2.44. The van der Waals surface area contributed by atoms with Crippen molar-refractivity contribution in [3.05, 3.63) is 0 Å². The first-order chi connectivity index (χ1) is 9.06. The summed E-state index contributed by atoms with van der Waals surface area (Å²) in [6.07, 6.45) is 2.24. The molecule has 0 aromatic rings. The van der Waals surface area contributed by atoms with Crippen LogP contribution in [0.1, 0.15) is 26.7 Å². The van der Waals surface area contributed by atoms with Crippen molar-refractivity contribution in [1.82, 2.24) is 10.2 Å². The number of thioether (sulfide) groups is 1. The minimum atomic E-state index is -0.875. The van der Waals surface area contributed by atoms with Gasteiger partial charge in [-0.05, 0) is 25.3 Å². The first-order valence-corrected chi connectivity index (χ1v) is 7.98. The Bertz CT molecular complexity index is 360. The SMILES string of the molecule is CCNCC(C)C(=O)N1C(C(=O)O)CSC1C1CC1. The number of aliphatic carboxylic acids is 1. The van der Waals surface area contributed by atoms with E-state index in [1.807, 2.05) is 13.8 Å². The molecule has 108 valence electrons. The van der Waals surface area contributed by atoms with Crippen molar-refractivity contribution in [3.63, 3.8) is 0 Å². The maximum atomic E-state index is 12.5. The Kier molecular flexibility index (Phi) is 4.73. The van der Waals surface area contributed by atoms with Crippen molar-refractivity contribution < 1.29 is 14.7 Å². The third kappa shape index (κ3) is 3.23. The number of nitrogens with one attached hydrogen (secondary N) is 1. The van der Waals surface area contributed by atoms with E-state index in [0.717, 1.165) is 19.4 Å². The number of carboxylic acid groups (broad SMARTS) is 1. The molecule has 0 aromatic carbocycles. The monoisotopic (exact) mass is 286 g/mol. The molecule has 3 unspecified atom stereocenters. The van der Waals surface area contributed by atoms with Gasteiger partial charge < -0.3 is 15.3 Å². The second-order valence-electron chi connectivity index (χ2n) is 5.37. The molecule has 2 aliphatic rings. The van der Waals surface area contributed by atoms with Gasteiger partial charge in [0.05, 0.1) is 5.37 Å². The summed E-state index contributed by atoms with van der Waals surface area (Å²) in [4.78, 5) is 25.5. The maximum Gasteiger partial charge on any atom is 0.327 e. The third-order valence-electron chi connectivity index (χ3n) is 3.72. The summed E-state index contributed by atoms with van der Waals surface area (Å²) in [5, 5.41) is 12.5. The van der Waals surface area contributed by atoms with Crippen molar-refractivity contribution in [1.29, 1.82) is 0 Å². The van der Waals surface area contributed by atoms with Crippen LogP contribution < -0.4 is 5.32 Å². The fraction of sp³-hybridized carbons (Fsp3) is 0.846. The largest absolute Gasteiger partial charge is 0.480 e. The molecule has 19 heavy (non-hydrogen) atoms. The number of amides is 1. The fourth-order valence-corrected chi connectivity index (χ4v) is 4.08. The van der Waals surface area contributed by atoms with Gasteiger partial charge in [0.15, 0.2) is 0 Å². The number of hydrogen-bond acceptors (Lipinski definition) is 4. The summed E-state index contributed by atoms with van der Waals surface area (Å²) in [5.41, 5.74) is 0. The van der Waals surface area contributed by atoms with Gasteiger partial charge in [0.1, 0.15) is 6.04 Å². The molecule has 1 amide bonds. The Hall–Kier alpha value is -0.750. The molecule has 0 aromatic heterocycles. The Morgan fingerprint density at radius 3 is 2.68 bits per heavy atom. The molecule has 2 fully saturated rings. The van der Waals surface area contributed by atoms with E-state index in [-0.39, 0.29) is 17.2 Å². The van der Waals surface area contributed by atoms with E-state index in [9.17, 15) is 14.7 Å². The van der Waals surface area contributed by atoms with Crippen LogP contribution in [0.25, 0.3) is 0 Å². The first-order valence-electron chi connectivity index (χ1n) is 6.93. The third-order valence-corrected chi connectivity index (χ3v) is 5.18. The van der Waals surface area contributed by atoms with E-state index in [1.165, 1.54) is 0 Å². The van der Waals surface area contributed by atoms with E-state index in [4.69, 9.17) is 0 Å². The van der Waals surface area contributed by atoms with E-state index >= 15 is 0 Å². The second-order valence-corrected chi connectivity index (χ2v) is 6.52. The zero-order valence-electron chi connectivity index (χ0n) is 11.5. The highest BCUT2D eigenvalue weighted by Gasteiger charge is 2.48. The Labute approximate surface area is 118 Å². The first kappa shape index (κ1) is 14.7. The zero-order valence-corrected chi connectivity index (χ0v) is 12.3. The van der Waals surface area contributed by atoms with E-state index in [2.05, 4.69) is 5.32 Å². The van der Waals surface area contributed by atoms with Crippen LogP contribution in [0, 0.1) is 11.8 Å². The summed E-state index contributed by atoms with van der Waals surface area (Å²) in [6.45, 7) is 5.30. The standard InChI is InChI=1S/C13H22N2O3S/c1-3-14-6-8(2)11(16)15-10(13(17)18)7-19-12(15)9-4-5-9/h8-10,12,14H,3-7H2,1-2H3,(H,17,18). The van der Waals surface area contributed by atoms with Crippen molar-refractivity contribution in [2.24, 2.45) is 11.8 Å². The number of hydrogen-bond donors (Lipinski definition) is 2. The van der Waals surface area contributed by atoms with Crippen LogP contribution in [0.3, 0.4) is 0 Å². The molecule has 2 N–H and O–H groups in total. The number of nitrogens with zero attached hydrogens (tertiary/aromatic N) is 1. The molecular formula is C13H22N2O3S. The summed E-state index contributed by atoms with van der Waals surface area (Å²) in [6, 6.07) is -0.646. The quantitative estimate of drug-likeness (QED) is 0.762. The van der Waals surface area contributed by atoms with Crippen LogP contribution in [-0.4, -0.2) is 52.1 Å². The number of carbonyl (C=O) groups is 2. The highest BCUT2D eigenvalue weighted by Crippen LogP contribution is 2.45. The number of carboxylic acids is 1. The average Bonchev–Trinajstić information content (AvgIpc) is 3.13. The second kappa shape index (κ2) is 6.13. The van der Waals surface area contributed by atoms with Crippen LogP contribution in [-0.2, 0) is 9.59 Å². The molecule has 1 aliphatic heterocycles. The lowest BCUT2D eigenvalue weighted by molar-refractivity contribution is -0.150. The molecule has 5 nitrogen and oxygen atoms in total. The van der Waals surface area contributed by atoms with Crippen LogP contribution in [0.15, 0.2) is 0 Å². The molecule has 1 saturated carbocycles. The van der Waals surface area contributed by atoms with Crippen LogP contribution in [0.2, 0.25) is 0 Å². The van der Waals surface area contributed by atoms with E-state index in [1.54, 1.807) is 16.7 Å². The molecule has 0 radical (unpaired) electrons. The predicted molar refractivity (Wildman–Crippen MR) is 74.9 cm³/mol. The normalized spacial score (nSPS) is 28.4. The summed E-state index contributed by atoms with van der Waals surface area (Å²) in [7, 11) is 0. The van der Waals surface area contributed by atoms with E-state index in [0.29, 0.717) is 18.2 Å². The minimum absolute atomic E-state index is 0.0183. The molecule has 1 saturated heterocycles. The molecule has 0 bridgehead atoms. The van der Waals surface area contributed by atoms with Gasteiger partial charge in [0, 0.05) is 18.2 Å². The van der Waals surface area contributed by atoms with Gasteiger partial charge in [0.25, 0.3) is 0 Å². The van der Waals surface area contributed by atoms with Gasteiger partial charge >= 0.3 is 5.97 Å². The van der Waals surface area contributed by atoms with E-state index < -0.39 is 12.0 Å². The molecule has 2 rings (SSSR count). The van der Waals surface area contributed by atoms with Gasteiger partial charge in [-0.3, -0.25) is 4.79 Å². The summed E-state index contributed by atoms with van der Waals surface area (Å²) >= 11 is 1.63. The van der Waals surface area contributed by atoms with Crippen LogP contribution in [0.4, 0.5) is 0 Å². The highest BCUT2D eigenvalue weighted by atomic mass is 32.2. The van der Waals surface area contributed by atoms with Crippen LogP contribution >= 0.6 is 11.8 Å². The Morgan fingerprint density at radius 2 is 2.16 bits per heavy atom. The molecule has 3 atom stereocenters. The zero-order chi connectivity index (χ0) is 14.0. The average molecular weight is 286 g/mol. The molecule has 1 heterocycles. The topological polar surface area (TPSA) is 69.6 Å². The van der Waals surface area contributed by atoms with Crippen molar-refractivity contribution >= 4 is 23.6 Å². The number of rotatable bonds is 6. The lowest BCUT2D eigenvalue weighted by atomic mass is 10.1. The maximum absolute atomic E-state index is 12.5. The molecule has 1 aliphatic carbocycles. The van der Waals surface area contributed by atoms with Crippen molar-refractivity contribution in [3.8, 4) is 0 Å². The Morgan fingerprint density at radius 1 is 1.47 bits per heavy atom. The predicted octanol–water partition coefficient (Wildman–Crippen LogP) is 0.997. The van der Waals surface area contributed by atoms with Gasteiger partial charge in [0.2, 0.25) is 5.91 Å². The van der Waals surface area contributed by atoms with Gasteiger partial charge in [-0.2, -0.15) is 0 Å². The summed E-state index contributed by atoms with van der Waals surface area (Å²) in [5.74, 6) is -0.0304. The van der Waals surface area contributed by atoms with Crippen molar-refractivity contribution in [2.75, 3.05) is 18.8 Å².